The lowest BCUT2D eigenvalue weighted by Crippen LogP contribution is -2.42. The van der Waals surface area contributed by atoms with Gasteiger partial charge in [0.1, 0.15) is 17.4 Å². The summed E-state index contributed by atoms with van der Waals surface area (Å²) in [6, 6.07) is 16.9. The fourth-order valence-electron chi connectivity index (χ4n) is 3.14. The molecule has 3 rings (SSSR count). The van der Waals surface area contributed by atoms with E-state index in [-0.39, 0.29) is 12.1 Å². The standard InChI is InChI=1S/C24H22N2O3/c1-4-29-20-11-9-18(10-12-20)13-21-17(3)22(14-25)24(28)26(23(21)27)15-19-7-5-16(2)6-8-19/h5-13H,4,15H2,1-3H3/b21-13+. The number of aryl methyl sites for hydroxylation is 1. The predicted octanol–water partition coefficient (Wildman–Crippen LogP) is 4.19. The highest BCUT2D eigenvalue weighted by atomic mass is 16.5. The monoisotopic (exact) mass is 386 g/mol. The van der Waals surface area contributed by atoms with E-state index in [1.807, 2.05) is 68.4 Å². The van der Waals surface area contributed by atoms with E-state index in [4.69, 9.17) is 4.74 Å². The lowest BCUT2D eigenvalue weighted by atomic mass is 9.93. The van der Waals surface area contributed by atoms with Crippen LogP contribution in [-0.4, -0.2) is 23.3 Å². The fourth-order valence-corrected chi connectivity index (χ4v) is 3.14. The van der Waals surface area contributed by atoms with Crippen molar-refractivity contribution in [2.45, 2.75) is 27.3 Å². The molecular formula is C24H22N2O3. The summed E-state index contributed by atoms with van der Waals surface area (Å²) in [5.74, 6) is -0.217. The molecule has 0 N–H and O–H groups in total. The van der Waals surface area contributed by atoms with Crippen molar-refractivity contribution in [2.24, 2.45) is 0 Å². The van der Waals surface area contributed by atoms with E-state index < -0.39 is 11.8 Å². The zero-order chi connectivity index (χ0) is 21.0. The molecule has 0 aliphatic carbocycles. The molecular weight excluding hydrogens is 364 g/mol. The maximum absolute atomic E-state index is 13.1. The van der Waals surface area contributed by atoms with Gasteiger partial charge in [-0.15, -0.1) is 0 Å². The molecule has 0 fully saturated rings. The smallest absolute Gasteiger partial charge is 0.271 e. The number of benzene rings is 2. The van der Waals surface area contributed by atoms with Crippen LogP contribution in [-0.2, 0) is 16.1 Å². The third-order valence-corrected chi connectivity index (χ3v) is 4.79. The van der Waals surface area contributed by atoms with Gasteiger partial charge in [-0.3, -0.25) is 14.5 Å². The van der Waals surface area contributed by atoms with Crippen LogP contribution in [0, 0.1) is 18.3 Å². The molecule has 0 bridgehead atoms. The van der Waals surface area contributed by atoms with Crippen molar-refractivity contribution in [1.82, 2.24) is 4.90 Å². The summed E-state index contributed by atoms with van der Waals surface area (Å²) >= 11 is 0. The van der Waals surface area contributed by atoms with Gasteiger partial charge in [-0.25, -0.2) is 0 Å². The molecule has 0 saturated heterocycles. The molecule has 0 radical (unpaired) electrons. The quantitative estimate of drug-likeness (QED) is 0.571. The van der Waals surface area contributed by atoms with Crippen LogP contribution in [0.5, 0.6) is 5.75 Å². The molecule has 0 aromatic heterocycles. The second-order valence-corrected chi connectivity index (χ2v) is 6.85. The summed E-state index contributed by atoms with van der Waals surface area (Å²) in [5, 5.41) is 9.51. The summed E-state index contributed by atoms with van der Waals surface area (Å²) in [6.07, 6.45) is 1.71. The van der Waals surface area contributed by atoms with Gasteiger partial charge in [-0.2, -0.15) is 5.26 Å². The van der Waals surface area contributed by atoms with Gasteiger partial charge < -0.3 is 4.74 Å². The summed E-state index contributed by atoms with van der Waals surface area (Å²) < 4.78 is 5.44. The van der Waals surface area contributed by atoms with Crippen LogP contribution in [0.15, 0.2) is 65.3 Å². The first-order chi connectivity index (χ1) is 13.9. The van der Waals surface area contributed by atoms with Gasteiger partial charge in [0.25, 0.3) is 11.8 Å². The number of rotatable bonds is 5. The number of ether oxygens (including phenoxy) is 1. The van der Waals surface area contributed by atoms with E-state index in [0.29, 0.717) is 17.8 Å². The SMILES string of the molecule is CCOc1ccc(/C=C2/C(=O)N(Cc3ccc(C)cc3)C(=O)C(C#N)=C2C)cc1. The van der Waals surface area contributed by atoms with E-state index in [1.54, 1.807) is 13.0 Å². The van der Waals surface area contributed by atoms with Gasteiger partial charge >= 0.3 is 0 Å². The Kier molecular flexibility index (Phi) is 5.94. The minimum Gasteiger partial charge on any atom is -0.494 e. The van der Waals surface area contributed by atoms with Crippen molar-refractivity contribution in [1.29, 1.82) is 5.26 Å². The Morgan fingerprint density at radius 3 is 2.24 bits per heavy atom. The second-order valence-electron chi connectivity index (χ2n) is 6.85. The largest absolute Gasteiger partial charge is 0.494 e. The number of nitriles is 1. The first-order valence-electron chi connectivity index (χ1n) is 9.42. The molecule has 29 heavy (non-hydrogen) atoms. The highest BCUT2D eigenvalue weighted by Gasteiger charge is 2.35. The Morgan fingerprint density at radius 1 is 1.00 bits per heavy atom. The number of hydrogen-bond acceptors (Lipinski definition) is 4. The molecule has 0 unspecified atom stereocenters. The molecule has 2 aromatic rings. The Balaban J connectivity index is 1.98. The number of carbonyl (C=O) groups excluding carboxylic acids is 2. The van der Waals surface area contributed by atoms with Crippen molar-refractivity contribution in [3.63, 3.8) is 0 Å². The van der Waals surface area contributed by atoms with Crippen molar-refractivity contribution in [3.8, 4) is 11.8 Å². The average Bonchev–Trinajstić information content (AvgIpc) is 2.72. The van der Waals surface area contributed by atoms with Crippen LogP contribution >= 0.6 is 0 Å². The maximum Gasteiger partial charge on any atom is 0.271 e. The number of carbonyl (C=O) groups is 2. The van der Waals surface area contributed by atoms with Crippen LogP contribution in [0.2, 0.25) is 0 Å². The predicted molar refractivity (Wildman–Crippen MR) is 111 cm³/mol. The topological polar surface area (TPSA) is 70.4 Å². The van der Waals surface area contributed by atoms with Crippen LogP contribution in [0.25, 0.3) is 6.08 Å². The molecule has 1 heterocycles. The number of amides is 2. The fraction of sp³-hybridized carbons (Fsp3) is 0.208. The molecule has 0 spiro atoms. The number of imide groups is 1. The van der Waals surface area contributed by atoms with Crippen molar-refractivity contribution in [3.05, 3.63) is 81.9 Å². The van der Waals surface area contributed by atoms with Crippen LogP contribution < -0.4 is 4.74 Å². The van der Waals surface area contributed by atoms with Gasteiger partial charge in [-0.05, 0) is 55.7 Å². The van der Waals surface area contributed by atoms with E-state index in [2.05, 4.69) is 0 Å². The second kappa shape index (κ2) is 8.57. The first kappa shape index (κ1) is 20.1. The molecule has 0 atom stereocenters. The molecule has 1 aliphatic heterocycles. The number of hydrogen-bond donors (Lipinski definition) is 0. The summed E-state index contributed by atoms with van der Waals surface area (Å²) in [4.78, 5) is 27.0. The third kappa shape index (κ3) is 4.27. The first-order valence-corrected chi connectivity index (χ1v) is 9.42. The van der Waals surface area contributed by atoms with Gasteiger partial charge in [-0.1, -0.05) is 42.0 Å². The lowest BCUT2D eigenvalue weighted by molar-refractivity contribution is -0.141. The maximum atomic E-state index is 13.1. The number of nitrogens with zero attached hydrogens (tertiary/aromatic N) is 2. The van der Waals surface area contributed by atoms with Gasteiger partial charge in [0.15, 0.2) is 0 Å². The Labute approximate surface area is 170 Å². The summed E-state index contributed by atoms with van der Waals surface area (Å²) in [7, 11) is 0. The summed E-state index contributed by atoms with van der Waals surface area (Å²) in [6.45, 7) is 6.21. The van der Waals surface area contributed by atoms with Gasteiger partial charge in [0, 0.05) is 5.57 Å². The zero-order valence-corrected chi connectivity index (χ0v) is 16.7. The minimum absolute atomic E-state index is 0.00565. The molecule has 5 nitrogen and oxygen atoms in total. The molecule has 1 aliphatic rings. The van der Waals surface area contributed by atoms with Crippen LogP contribution in [0.4, 0.5) is 0 Å². The molecule has 2 amide bonds. The van der Waals surface area contributed by atoms with E-state index >= 15 is 0 Å². The average molecular weight is 386 g/mol. The molecule has 0 saturated carbocycles. The highest BCUT2D eigenvalue weighted by molar-refractivity contribution is 6.19. The van der Waals surface area contributed by atoms with Crippen molar-refractivity contribution in [2.75, 3.05) is 6.61 Å². The van der Waals surface area contributed by atoms with E-state index in [1.165, 1.54) is 0 Å². The van der Waals surface area contributed by atoms with Gasteiger partial charge in [0.2, 0.25) is 0 Å². The van der Waals surface area contributed by atoms with Crippen molar-refractivity contribution < 1.29 is 14.3 Å². The normalized spacial score (nSPS) is 15.7. The Hall–Kier alpha value is -3.65. The third-order valence-electron chi connectivity index (χ3n) is 4.79. The molecule has 5 heteroatoms. The van der Waals surface area contributed by atoms with E-state index in [0.717, 1.165) is 27.3 Å². The summed E-state index contributed by atoms with van der Waals surface area (Å²) in [5.41, 5.74) is 3.45. The Bertz CT molecular complexity index is 1040. The van der Waals surface area contributed by atoms with Gasteiger partial charge in [0.05, 0.1) is 13.2 Å². The highest BCUT2D eigenvalue weighted by Crippen LogP contribution is 2.28. The Morgan fingerprint density at radius 2 is 1.66 bits per heavy atom. The van der Waals surface area contributed by atoms with Crippen molar-refractivity contribution >= 4 is 17.9 Å². The minimum atomic E-state index is -0.556. The van der Waals surface area contributed by atoms with Crippen LogP contribution in [0.3, 0.4) is 0 Å². The lowest BCUT2D eigenvalue weighted by Gasteiger charge is -2.27. The van der Waals surface area contributed by atoms with E-state index in [9.17, 15) is 14.9 Å². The van der Waals surface area contributed by atoms with Crippen LogP contribution in [0.1, 0.15) is 30.5 Å². The molecule has 146 valence electrons. The zero-order valence-electron chi connectivity index (χ0n) is 16.7. The molecule has 2 aromatic carbocycles.